The molecule has 2 aromatic heterocycles. The molecule has 1 unspecified atom stereocenters. The monoisotopic (exact) mass is 367 g/mol. The third-order valence-corrected chi connectivity index (χ3v) is 6.71. The van der Waals surface area contributed by atoms with Crippen molar-refractivity contribution in [2.45, 2.75) is 26.2 Å². The van der Waals surface area contributed by atoms with E-state index in [0.717, 1.165) is 17.6 Å². The highest BCUT2D eigenvalue weighted by Crippen LogP contribution is 2.43. The van der Waals surface area contributed by atoms with E-state index in [-0.39, 0.29) is 0 Å². The lowest BCUT2D eigenvalue weighted by atomic mass is 9.89. The molecule has 5 aromatic rings. The normalized spacial score (nSPS) is 12.8. The van der Waals surface area contributed by atoms with Crippen LogP contribution in [0.1, 0.15) is 31.7 Å². The summed E-state index contributed by atoms with van der Waals surface area (Å²) < 4.78 is 2.68. The zero-order valence-electron chi connectivity index (χ0n) is 15.6. The highest BCUT2D eigenvalue weighted by Gasteiger charge is 2.18. The van der Waals surface area contributed by atoms with E-state index in [1.807, 2.05) is 11.3 Å². The molecule has 5 rings (SSSR count). The lowest BCUT2D eigenvalue weighted by molar-refractivity contribution is 0.736. The zero-order chi connectivity index (χ0) is 18.4. The summed E-state index contributed by atoms with van der Waals surface area (Å²) in [6.45, 7) is 4.58. The van der Waals surface area contributed by atoms with E-state index >= 15 is 0 Å². The third-order valence-electron chi connectivity index (χ3n) is 5.57. The number of para-hydroxylation sites is 1. The van der Waals surface area contributed by atoms with Crippen molar-refractivity contribution in [3.8, 4) is 11.3 Å². The van der Waals surface area contributed by atoms with Crippen molar-refractivity contribution < 1.29 is 0 Å². The quantitative estimate of drug-likeness (QED) is 0.317. The SMILES string of the molecule is CCC(C)c1ccc2sc3ccccc3c2c1-c1ccc2ccccc2n1. The van der Waals surface area contributed by atoms with Crippen LogP contribution in [0.25, 0.3) is 42.3 Å². The average molecular weight is 368 g/mol. The lowest BCUT2D eigenvalue weighted by Gasteiger charge is -2.17. The molecule has 27 heavy (non-hydrogen) atoms. The van der Waals surface area contributed by atoms with Crippen molar-refractivity contribution in [3.63, 3.8) is 0 Å². The zero-order valence-corrected chi connectivity index (χ0v) is 16.4. The van der Waals surface area contributed by atoms with Gasteiger partial charge >= 0.3 is 0 Å². The molecule has 0 saturated carbocycles. The molecule has 2 heterocycles. The second-order valence-corrected chi connectivity index (χ2v) is 8.28. The van der Waals surface area contributed by atoms with Gasteiger partial charge < -0.3 is 0 Å². The number of rotatable bonds is 3. The molecule has 2 heteroatoms. The van der Waals surface area contributed by atoms with Crippen LogP contribution >= 0.6 is 11.3 Å². The van der Waals surface area contributed by atoms with Gasteiger partial charge in [-0.15, -0.1) is 11.3 Å². The summed E-state index contributed by atoms with van der Waals surface area (Å²) in [4.78, 5) is 5.06. The van der Waals surface area contributed by atoms with E-state index in [1.54, 1.807) is 0 Å². The van der Waals surface area contributed by atoms with Crippen molar-refractivity contribution in [2.24, 2.45) is 0 Å². The molecule has 0 spiro atoms. The minimum Gasteiger partial charge on any atom is -0.248 e. The van der Waals surface area contributed by atoms with Gasteiger partial charge in [-0.25, -0.2) is 4.98 Å². The summed E-state index contributed by atoms with van der Waals surface area (Å²) in [5.41, 5.74) is 4.85. The van der Waals surface area contributed by atoms with Crippen molar-refractivity contribution >= 4 is 42.4 Å². The molecule has 1 atom stereocenters. The van der Waals surface area contributed by atoms with Crippen LogP contribution in [0.5, 0.6) is 0 Å². The number of aromatic nitrogens is 1. The van der Waals surface area contributed by atoms with Crippen LogP contribution in [0.15, 0.2) is 72.8 Å². The van der Waals surface area contributed by atoms with Gasteiger partial charge in [0, 0.05) is 31.1 Å². The Kier molecular flexibility index (Phi) is 3.95. The smallest absolute Gasteiger partial charge is 0.0719 e. The van der Waals surface area contributed by atoms with E-state index < -0.39 is 0 Å². The van der Waals surface area contributed by atoms with Crippen molar-refractivity contribution in [3.05, 3.63) is 78.4 Å². The van der Waals surface area contributed by atoms with Crippen LogP contribution in [0, 0.1) is 0 Å². The number of fused-ring (bicyclic) bond motifs is 4. The summed E-state index contributed by atoms with van der Waals surface area (Å²) in [5, 5.41) is 3.89. The first-order valence-corrected chi connectivity index (χ1v) is 10.4. The standard InChI is InChI=1S/C25H21NS/c1-3-16(2)18-13-15-23-25(19-9-5-7-11-22(19)27-23)24(18)21-14-12-17-8-4-6-10-20(17)26-21/h4-16H,3H2,1-2H3. The fraction of sp³-hybridized carbons (Fsp3) is 0.160. The molecule has 0 aliphatic heterocycles. The maximum absolute atomic E-state index is 5.06. The summed E-state index contributed by atoms with van der Waals surface area (Å²) in [7, 11) is 0. The number of nitrogens with zero attached hydrogens (tertiary/aromatic N) is 1. The van der Waals surface area contributed by atoms with Gasteiger partial charge in [0.05, 0.1) is 11.2 Å². The molecule has 0 saturated heterocycles. The fourth-order valence-corrected chi connectivity index (χ4v) is 5.06. The summed E-state index contributed by atoms with van der Waals surface area (Å²) in [5.74, 6) is 0.497. The maximum atomic E-state index is 5.06. The lowest BCUT2D eigenvalue weighted by Crippen LogP contribution is -1.97. The van der Waals surface area contributed by atoms with E-state index in [0.29, 0.717) is 5.92 Å². The predicted octanol–water partition coefficient (Wildman–Crippen LogP) is 7.78. The van der Waals surface area contributed by atoms with E-state index in [1.165, 1.54) is 36.7 Å². The highest BCUT2D eigenvalue weighted by atomic mass is 32.1. The highest BCUT2D eigenvalue weighted by molar-refractivity contribution is 7.25. The van der Waals surface area contributed by atoms with Gasteiger partial charge in [0.15, 0.2) is 0 Å². The van der Waals surface area contributed by atoms with Crippen LogP contribution in [0.4, 0.5) is 0 Å². The van der Waals surface area contributed by atoms with Crippen LogP contribution in [-0.4, -0.2) is 4.98 Å². The molecular weight excluding hydrogens is 346 g/mol. The van der Waals surface area contributed by atoms with Crippen LogP contribution in [0.3, 0.4) is 0 Å². The van der Waals surface area contributed by atoms with Gasteiger partial charge in [-0.1, -0.05) is 62.4 Å². The second-order valence-electron chi connectivity index (χ2n) is 7.20. The summed E-state index contributed by atoms with van der Waals surface area (Å²) >= 11 is 1.87. The van der Waals surface area contributed by atoms with Gasteiger partial charge in [0.25, 0.3) is 0 Å². The Morgan fingerprint density at radius 2 is 1.67 bits per heavy atom. The van der Waals surface area contributed by atoms with Gasteiger partial charge in [-0.05, 0) is 42.2 Å². The molecule has 0 aliphatic carbocycles. The molecule has 132 valence electrons. The second kappa shape index (κ2) is 6.47. The van der Waals surface area contributed by atoms with E-state index in [2.05, 4.69) is 86.6 Å². The minimum atomic E-state index is 0.497. The number of thiophene rings is 1. The molecule has 0 N–H and O–H groups in total. The van der Waals surface area contributed by atoms with Crippen molar-refractivity contribution in [1.82, 2.24) is 4.98 Å². The molecule has 3 aromatic carbocycles. The topological polar surface area (TPSA) is 12.9 Å². The molecule has 0 amide bonds. The Morgan fingerprint density at radius 3 is 2.56 bits per heavy atom. The predicted molar refractivity (Wildman–Crippen MR) is 119 cm³/mol. The van der Waals surface area contributed by atoms with Gasteiger partial charge in [-0.3, -0.25) is 0 Å². The van der Waals surface area contributed by atoms with Gasteiger partial charge in [-0.2, -0.15) is 0 Å². The molecule has 0 radical (unpaired) electrons. The largest absolute Gasteiger partial charge is 0.248 e. The van der Waals surface area contributed by atoms with E-state index in [4.69, 9.17) is 4.98 Å². The Bertz CT molecular complexity index is 1280. The number of pyridine rings is 1. The van der Waals surface area contributed by atoms with E-state index in [9.17, 15) is 0 Å². The van der Waals surface area contributed by atoms with Crippen molar-refractivity contribution in [1.29, 1.82) is 0 Å². The first-order chi connectivity index (χ1) is 13.3. The Hall–Kier alpha value is -2.71. The first-order valence-electron chi connectivity index (χ1n) is 9.56. The summed E-state index contributed by atoms with van der Waals surface area (Å²) in [6, 6.07) is 26.1. The molecule has 0 bridgehead atoms. The van der Waals surface area contributed by atoms with Crippen LogP contribution < -0.4 is 0 Å². The first kappa shape index (κ1) is 16.5. The third kappa shape index (κ3) is 2.64. The van der Waals surface area contributed by atoms with Crippen molar-refractivity contribution in [2.75, 3.05) is 0 Å². The number of benzene rings is 3. The van der Waals surface area contributed by atoms with Crippen LogP contribution in [-0.2, 0) is 0 Å². The van der Waals surface area contributed by atoms with Gasteiger partial charge in [0.2, 0.25) is 0 Å². The molecular formula is C25H21NS. The Balaban J connectivity index is 1.91. The van der Waals surface area contributed by atoms with Crippen LogP contribution in [0.2, 0.25) is 0 Å². The number of hydrogen-bond acceptors (Lipinski definition) is 2. The Labute approximate surface area is 163 Å². The molecule has 0 aliphatic rings. The maximum Gasteiger partial charge on any atom is 0.0719 e. The summed E-state index contributed by atoms with van der Waals surface area (Å²) in [6.07, 6.45) is 1.12. The Morgan fingerprint density at radius 1 is 0.852 bits per heavy atom. The minimum absolute atomic E-state index is 0.497. The van der Waals surface area contributed by atoms with Gasteiger partial charge in [0.1, 0.15) is 0 Å². The fourth-order valence-electron chi connectivity index (χ4n) is 3.94. The molecule has 1 nitrogen and oxygen atoms in total. The average Bonchev–Trinajstić information content (AvgIpc) is 3.11. The number of hydrogen-bond donors (Lipinski definition) is 0. The molecule has 0 fully saturated rings.